The second-order valence-electron chi connectivity index (χ2n) is 13.1. The summed E-state index contributed by atoms with van der Waals surface area (Å²) in [7, 11) is 60.4. The first-order chi connectivity index (χ1) is 22.1. The van der Waals surface area contributed by atoms with E-state index in [0.717, 1.165) is 17.4 Å². The molecule has 2 amide bonds. The third-order valence-electron chi connectivity index (χ3n) is 9.51. The van der Waals surface area contributed by atoms with E-state index in [1.165, 1.54) is 28.9 Å². The molecule has 1 aliphatic carbocycles. The van der Waals surface area contributed by atoms with Crippen molar-refractivity contribution in [1.82, 2.24) is 4.90 Å². The number of hydrogen-bond donors (Lipinski definition) is 0. The summed E-state index contributed by atoms with van der Waals surface area (Å²) >= 11 is 0. The van der Waals surface area contributed by atoms with E-state index in [2.05, 4.69) is 18.0 Å². The number of allylic oxidation sites excluding steroid dienone is 4. The van der Waals surface area contributed by atoms with Gasteiger partial charge in [-0.05, 0) is 44.7 Å². The molecule has 5 nitrogen and oxygen atoms in total. The summed E-state index contributed by atoms with van der Waals surface area (Å²) in [6.07, 6.45) is 3.75. The summed E-state index contributed by atoms with van der Waals surface area (Å²) in [6.45, 7) is 2.05. The van der Waals surface area contributed by atoms with Gasteiger partial charge in [0.1, 0.15) is 13.2 Å². The molecule has 1 aromatic rings. The lowest BCUT2D eigenvalue weighted by Gasteiger charge is -2.33. The van der Waals surface area contributed by atoms with Crippen molar-refractivity contribution in [3.63, 3.8) is 0 Å². The molecule has 0 aromatic carbocycles. The van der Waals surface area contributed by atoms with Crippen LogP contribution in [0.1, 0.15) is 43.2 Å². The monoisotopic (exact) mass is 583 g/mol. The molecule has 0 N–H and O–H groups in total. The highest BCUT2D eigenvalue weighted by molar-refractivity contribution is 8.02. The maximum absolute atomic E-state index is 14.1. The zero-order valence-corrected chi connectivity index (χ0v) is 26.8. The number of Topliss-reactive ketones (excluding diaryl/α,β-unsaturated/α-hetero) is 1. The van der Waals surface area contributed by atoms with Crippen LogP contribution < -0.4 is 0 Å². The average Bonchev–Trinajstić information content (AvgIpc) is 3.97. The van der Waals surface area contributed by atoms with E-state index in [1.807, 2.05) is 0 Å². The third-order valence-corrected chi connectivity index (χ3v) is 9.51. The lowest BCUT2D eigenvalue weighted by molar-refractivity contribution is -0.136. The van der Waals surface area contributed by atoms with E-state index in [0.29, 0.717) is 31.6 Å². The fourth-order valence-corrected chi connectivity index (χ4v) is 6.69. The Hall–Kier alpha value is -1.65. The molecule has 0 saturated carbocycles. The van der Waals surface area contributed by atoms with Gasteiger partial charge in [-0.3, -0.25) is 19.3 Å². The van der Waals surface area contributed by atoms with Crippen LogP contribution in [0.5, 0.6) is 0 Å². The smallest absolute Gasteiger partial charge is 0.253 e. The summed E-state index contributed by atoms with van der Waals surface area (Å²) in [5.74, 6) is 3.94. The molecular formula is C22H21B20NO4. The molecule has 47 heavy (non-hydrogen) atoms. The van der Waals surface area contributed by atoms with Crippen molar-refractivity contribution in [3.05, 3.63) is 70.9 Å². The van der Waals surface area contributed by atoms with E-state index in [4.69, 9.17) is 81.8 Å². The standard InChI is InChI=1S/C16H14B20O2.C6H7NO2/c17-29(18)33(25)35(31(21)22)27-9-12(27)7-16(6-11-3-4-11,15(37)14-2-1-5-38-14)8-13-10-28(13)36(32(23)24)34(26)30(19)20;1-2-7-5(8)3-4-6(7)9/h1-3,5,9-10H,4,6-8H2;3-4H,2H2,1H3. The van der Waals surface area contributed by atoms with Gasteiger partial charge in [0, 0.05) is 153 Å². The Morgan fingerprint density at radius 3 is 1.60 bits per heavy atom. The average molecular weight is 580 g/mol. The molecule has 198 valence electrons. The molecule has 3 aliphatic heterocycles. The summed E-state index contributed by atoms with van der Waals surface area (Å²) in [6, 6.07) is 3.41. The van der Waals surface area contributed by atoms with Crippen LogP contribution in [0.2, 0.25) is 0 Å². The molecule has 4 aliphatic rings. The Bertz CT molecular complexity index is 1380. The highest BCUT2D eigenvalue weighted by Gasteiger charge is 2.52. The fourth-order valence-electron chi connectivity index (χ4n) is 6.69. The lowest BCUT2D eigenvalue weighted by Crippen LogP contribution is -2.64. The summed E-state index contributed by atoms with van der Waals surface area (Å²) in [5, 5.41) is 0. The minimum Gasteiger partial charge on any atom is -0.461 e. The van der Waals surface area contributed by atoms with E-state index >= 15 is 0 Å². The van der Waals surface area contributed by atoms with Crippen LogP contribution in [-0.4, -0.2) is 171 Å². The van der Waals surface area contributed by atoms with Gasteiger partial charge >= 0.3 is 0 Å². The van der Waals surface area contributed by atoms with Crippen molar-refractivity contribution in [2.45, 2.75) is 32.6 Å². The molecule has 0 saturated heterocycles. The number of likely N-dealkylation sites (N-methyl/N-ethyl adjacent to an activating group) is 1. The Balaban J connectivity index is 0.000000479. The van der Waals surface area contributed by atoms with Gasteiger partial charge in [0.2, 0.25) is 5.78 Å². The minimum atomic E-state index is -0.808. The number of carbonyl (C=O) groups excluding carboxylic acids is 3. The predicted molar refractivity (Wildman–Crippen MR) is 215 cm³/mol. The second kappa shape index (κ2) is 15.9. The van der Waals surface area contributed by atoms with Crippen molar-refractivity contribution in [2.75, 3.05) is 6.54 Å². The van der Waals surface area contributed by atoms with Crippen LogP contribution in [0.25, 0.3) is 0 Å². The van der Waals surface area contributed by atoms with Gasteiger partial charge in [-0.2, -0.15) is 0 Å². The van der Waals surface area contributed by atoms with E-state index in [9.17, 15) is 14.4 Å². The molecule has 0 atom stereocenters. The zero-order chi connectivity index (χ0) is 34.8. The maximum Gasteiger partial charge on any atom is 0.253 e. The number of carbonyl (C=O) groups is 3. The maximum atomic E-state index is 14.1. The van der Waals surface area contributed by atoms with E-state index in [-0.39, 0.29) is 43.6 Å². The van der Waals surface area contributed by atoms with Gasteiger partial charge in [-0.1, -0.05) is 11.6 Å². The molecule has 0 unspecified atom stereocenters. The molecule has 0 spiro atoms. The van der Waals surface area contributed by atoms with Crippen LogP contribution in [0.15, 0.2) is 69.5 Å². The minimum absolute atomic E-state index is 0.0738. The Labute approximate surface area is 297 Å². The first-order valence-electron chi connectivity index (χ1n) is 15.9. The molecule has 1 aromatic heterocycles. The number of rotatable bonds is 17. The van der Waals surface area contributed by atoms with Gasteiger partial charge < -0.3 is 4.42 Å². The normalized spacial score (nSPS) is 15.5. The molecular weight excluding hydrogens is 558 g/mol. The second-order valence-corrected chi connectivity index (χ2v) is 13.1. The molecule has 0 fully saturated rings. The van der Waals surface area contributed by atoms with Crippen LogP contribution >= 0.6 is 0 Å². The van der Waals surface area contributed by atoms with Gasteiger partial charge in [0.05, 0.1) is 6.26 Å². The van der Waals surface area contributed by atoms with Crippen LogP contribution in [0.3, 0.4) is 0 Å². The summed E-state index contributed by atoms with van der Waals surface area (Å²) in [4.78, 5) is 36.6. The van der Waals surface area contributed by atoms with Gasteiger partial charge in [0.25, 0.3) is 11.8 Å². The SMILES string of the molecule is CCN1C(=O)C=CC1=O.[B]B([B])B([B])B(B([B])[B])B1C=C1CC(CC1=CC1)(CC1=CB1B(B([B])[B])B([B])B([B])[B])C(=O)c1ccco1. The first-order valence-corrected chi connectivity index (χ1v) is 15.9. The Morgan fingerprint density at radius 2 is 1.28 bits per heavy atom. The molecule has 4 heterocycles. The zero-order valence-electron chi connectivity index (χ0n) is 26.8. The number of amides is 2. The number of nitrogens with zero attached hydrogens (tertiary/aromatic N) is 1. The molecule has 0 bridgehead atoms. The largest absolute Gasteiger partial charge is 0.461 e. The van der Waals surface area contributed by atoms with Crippen LogP contribution in [0, 0.1) is 5.41 Å². The van der Waals surface area contributed by atoms with Crippen LogP contribution in [-0.2, 0) is 9.59 Å². The van der Waals surface area contributed by atoms with E-state index in [1.54, 1.807) is 19.1 Å². The Kier molecular flexibility index (Phi) is 12.9. The van der Waals surface area contributed by atoms with Crippen molar-refractivity contribution in [3.8, 4) is 0 Å². The highest BCUT2D eigenvalue weighted by Crippen LogP contribution is 2.50. The topological polar surface area (TPSA) is 67.6 Å². The molecule has 20 radical (unpaired) electrons. The third kappa shape index (κ3) is 9.33. The van der Waals surface area contributed by atoms with Crippen LogP contribution in [0.4, 0.5) is 0 Å². The number of imide groups is 1. The van der Waals surface area contributed by atoms with Gasteiger partial charge in [0.15, 0.2) is 5.76 Å². The number of hydrogen-bond acceptors (Lipinski definition) is 4. The summed E-state index contributed by atoms with van der Waals surface area (Å²) < 4.78 is 5.58. The van der Waals surface area contributed by atoms with Gasteiger partial charge in [-0.25, -0.2) is 0 Å². The number of ketones is 1. The van der Waals surface area contributed by atoms with Gasteiger partial charge in [-0.15, -0.1) is 22.9 Å². The lowest BCUT2D eigenvalue weighted by atomic mass is 8.57. The first kappa shape index (κ1) is 38.2. The van der Waals surface area contributed by atoms with Crippen molar-refractivity contribution < 1.29 is 18.8 Å². The van der Waals surface area contributed by atoms with Crippen molar-refractivity contribution in [1.29, 1.82) is 0 Å². The predicted octanol–water partition coefficient (Wildman–Crippen LogP) is -3.86. The number of furan rings is 1. The molecule has 5 rings (SSSR count). The Morgan fingerprint density at radius 1 is 0.809 bits per heavy atom. The summed E-state index contributed by atoms with van der Waals surface area (Å²) in [5.41, 5.74) is 2.52. The van der Waals surface area contributed by atoms with Crippen molar-refractivity contribution >= 4 is 159 Å². The van der Waals surface area contributed by atoms with E-state index < -0.39 is 43.7 Å². The van der Waals surface area contributed by atoms with Crippen molar-refractivity contribution in [2.24, 2.45) is 5.41 Å². The molecule has 25 heteroatoms. The fraction of sp³-hybridized carbons (Fsp3) is 0.318. The quantitative estimate of drug-likeness (QED) is 0.0821. The highest BCUT2D eigenvalue weighted by atomic mass is 16.3.